The number of nitrogens with two attached hydrogens (primary N) is 1. The zero-order valence-electron chi connectivity index (χ0n) is 11.2. The molecule has 0 amide bonds. The monoisotopic (exact) mass is 267 g/mol. The minimum absolute atomic E-state index is 0.508. The molecule has 1 aliphatic heterocycles. The van der Waals surface area contributed by atoms with Crippen molar-refractivity contribution in [3.8, 4) is 0 Å². The Labute approximate surface area is 113 Å². The molecule has 2 rings (SSSR count). The lowest BCUT2D eigenvalue weighted by molar-refractivity contribution is 0.361. The maximum absolute atomic E-state index is 5.47. The van der Waals surface area contributed by atoms with Gasteiger partial charge in [-0.1, -0.05) is 18.7 Å². The second kappa shape index (κ2) is 5.75. The lowest BCUT2D eigenvalue weighted by Gasteiger charge is -2.38. The Morgan fingerprint density at radius 1 is 1.44 bits per heavy atom. The van der Waals surface area contributed by atoms with Crippen molar-refractivity contribution in [1.29, 1.82) is 0 Å². The largest absolute Gasteiger partial charge is 0.353 e. The van der Waals surface area contributed by atoms with Gasteiger partial charge in [-0.05, 0) is 31.9 Å². The summed E-state index contributed by atoms with van der Waals surface area (Å²) in [7, 11) is 0. The third-order valence-electron chi connectivity index (χ3n) is 3.69. The van der Waals surface area contributed by atoms with Crippen LogP contribution in [0, 0.1) is 5.92 Å². The highest BCUT2D eigenvalue weighted by Crippen LogP contribution is 2.29. The lowest BCUT2D eigenvalue weighted by Crippen LogP contribution is -2.43. The highest BCUT2D eigenvalue weighted by Gasteiger charge is 2.26. The van der Waals surface area contributed by atoms with Gasteiger partial charge in [0.05, 0.1) is 0 Å². The number of aromatic nitrogens is 2. The second-order valence-electron chi connectivity index (χ2n) is 4.80. The lowest BCUT2D eigenvalue weighted by atomic mass is 9.92. The van der Waals surface area contributed by atoms with Crippen molar-refractivity contribution in [2.45, 2.75) is 37.9 Å². The van der Waals surface area contributed by atoms with Crippen LogP contribution in [0.1, 0.15) is 26.7 Å². The Morgan fingerprint density at radius 2 is 2.22 bits per heavy atom. The van der Waals surface area contributed by atoms with E-state index in [1.54, 1.807) is 0 Å². The van der Waals surface area contributed by atoms with Gasteiger partial charge in [-0.25, -0.2) is 15.8 Å². The van der Waals surface area contributed by atoms with Gasteiger partial charge in [0.25, 0.3) is 0 Å². The molecular formula is C12H21N5S. The van der Waals surface area contributed by atoms with Crippen molar-refractivity contribution in [2.75, 3.05) is 23.1 Å². The number of nitrogen functional groups attached to an aromatic ring is 1. The van der Waals surface area contributed by atoms with Crippen LogP contribution in [0.25, 0.3) is 0 Å². The predicted molar refractivity (Wildman–Crippen MR) is 76.8 cm³/mol. The Kier molecular flexibility index (Phi) is 4.29. The van der Waals surface area contributed by atoms with Crippen molar-refractivity contribution in [1.82, 2.24) is 9.97 Å². The molecule has 100 valence electrons. The molecule has 2 heterocycles. The van der Waals surface area contributed by atoms with Crippen LogP contribution in [0.15, 0.2) is 11.2 Å². The van der Waals surface area contributed by atoms with E-state index in [-0.39, 0.29) is 0 Å². The van der Waals surface area contributed by atoms with Crippen LogP contribution in [0.3, 0.4) is 0 Å². The van der Waals surface area contributed by atoms with Gasteiger partial charge in [0, 0.05) is 18.7 Å². The molecule has 6 heteroatoms. The van der Waals surface area contributed by atoms with E-state index < -0.39 is 0 Å². The number of anilines is 2. The molecule has 1 aromatic heterocycles. The zero-order chi connectivity index (χ0) is 13.1. The number of rotatable bonds is 3. The zero-order valence-corrected chi connectivity index (χ0v) is 12.0. The van der Waals surface area contributed by atoms with Crippen molar-refractivity contribution >= 4 is 23.4 Å². The molecule has 1 aliphatic rings. The van der Waals surface area contributed by atoms with Gasteiger partial charge in [-0.2, -0.15) is 0 Å². The van der Waals surface area contributed by atoms with Crippen molar-refractivity contribution in [3.05, 3.63) is 6.07 Å². The molecule has 5 nitrogen and oxygen atoms in total. The number of nitrogens with one attached hydrogen (secondary N) is 1. The van der Waals surface area contributed by atoms with E-state index >= 15 is 0 Å². The van der Waals surface area contributed by atoms with E-state index in [0.717, 1.165) is 17.5 Å². The molecule has 0 aromatic carbocycles. The van der Waals surface area contributed by atoms with Gasteiger partial charge in [0.2, 0.25) is 0 Å². The van der Waals surface area contributed by atoms with Crippen LogP contribution in [0.5, 0.6) is 0 Å². The Morgan fingerprint density at radius 3 is 2.89 bits per heavy atom. The summed E-state index contributed by atoms with van der Waals surface area (Å²) in [5, 5.41) is 0.755. The third-order valence-corrected chi connectivity index (χ3v) is 4.24. The van der Waals surface area contributed by atoms with Crippen LogP contribution >= 0.6 is 11.8 Å². The van der Waals surface area contributed by atoms with E-state index in [1.165, 1.54) is 24.6 Å². The fourth-order valence-electron chi connectivity index (χ4n) is 2.38. The van der Waals surface area contributed by atoms with Gasteiger partial charge < -0.3 is 10.3 Å². The van der Waals surface area contributed by atoms with Crippen LogP contribution in [0.2, 0.25) is 0 Å². The number of hydrogen-bond acceptors (Lipinski definition) is 6. The molecule has 0 saturated carbocycles. The molecule has 0 radical (unpaired) electrons. The van der Waals surface area contributed by atoms with Gasteiger partial charge in [0.1, 0.15) is 11.6 Å². The van der Waals surface area contributed by atoms with Gasteiger partial charge in [0.15, 0.2) is 5.16 Å². The summed E-state index contributed by atoms with van der Waals surface area (Å²) in [6.45, 7) is 5.62. The van der Waals surface area contributed by atoms with Gasteiger partial charge >= 0.3 is 0 Å². The number of nitrogens with zero attached hydrogens (tertiary/aromatic N) is 3. The normalized spacial score (nSPS) is 24.1. The van der Waals surface area contributed by atoms with E-state index in [0.29, 0.717) is 17.8 Å². The Hall–Kier alpha value is -1.01. The number of thioether (sulfide) groups is 1. The first-order chi connectivity index (χ1) is 8.65. The summed E-state index contributed by atoms with van der Waals surface area (Å²) < 4.78 is 0. The van der Waals surface area contributed by atoms with E-state index in [4.69, 9.17) is 5.84 Å². The van der Waals surface area contributed by atoms with Gasteiger partial charge in [-0.15, -0.1) is 0 Å². The van der Waals surface area contributed by atoms with Crippen molar-refractivity contribution in [3.63, 3.8) is 0 Å². The average molecular weight is 267 g/mol. The number of hydrazine groups is 1. The summed E-state index contributed by atoms with van der Waals surface area (Å²) in [4.78, 5) is 11.2. The highest BCUT2D eigenvalue weighted by atomic mass is 32.2. The van der Waals surface area contributed by atoms with Crippen molar-refractivity contribution < 1.29 is 0 Å². The maximum atomic E-state index is 5.47. The second-order valence-corrected chi connectivity index (χ2v) is 5.57. The maximum Gasteiger partial charge on any atom is 0.191 e. The quantitative estimate of drug-likeness (QED) is 0.378. The summed E-state index contributed by atoms with van der Waals surface area (Å²) in [6, 6.07) is 2.43. The average Bonchev–Trinajstić information content (AvgIpc) is 2.41. The summed E-state index contributed by atoms with van der Waals surface area (Å²) in [5.74, 6) is 7.81. The van der Waals surface area contributed by atoms with Crippen LogP contribution in [-0.2, 0) is 0 Å². The molecule has 0 spiro atoms. The summed E-state index contributed by atoms with van der Waals surface area (Å²) >= 11 is 1.53. The minimum Gasteiger partial charge on any atom is -0.353 e. The smallest absolute Gasteiger partial charge is 0.191 e. The van der Waals surface area contributed by atoms with Crippen LogP contribution in [-0.4, -0.2) is 28.8 Å². The summed E-state index contributed by atoms with van der Waals surface area (Å²) in [5.41, 5.74) is 2.62. The van der Waals surface area contributed by atoms with Gasteiger partial charge in [-0.3, -0.25) is 0 Å². The van der Waals surface area contributed by atoms with Crippen LogP contribution in [0.4, 0.5) is 11.6 Å². The molecule has 1 fully saturated rings. The molecule has 0 aliphatic carbocycles. The Bertz CT molecular complexity index is 389. The molecule has 1 saturated heterocycles. The van der Waals surface area contributed by atoms with E-state index in [9.17, 15) is 0 Å². The summed E-state index contributed by atoms with van der Waals surface area (Å²) in [6.07, 6.45) is 4.48. The van der Waals surface area contributed by atoms with E-state index in [2.05, 4.69) is 34.1 Å². The first-order valence-corrected chi connectivity index (χ1v) is 7.54. The topological polar surface area (TPSA) is 67.1 Å². The van der Waals surface area contributed by atoms with E-state index in [1.807, 2.05) is 12.3 Å². The molecule has 2 unspecified atom stereocenters. The molecule has 1 aromatic rings. The fourth-order valence-corrected chi connectivity index (χ4v) is 2.76. The molecule has 3 N–H and O–H groups in total. The van der Waals surface area contributed by atoms with Crippen LogP contribution < -0.4 is 16.2 Å². The SMILES string of the molecule is CSc1nc(NN)cc(N2CCCC(C)C2C)n1. The molecule has 18 heavy (non-hydrogen) atoms. The number of piperidine rings is 1. The highest BCUT2D eigenvalue weighted by molar-refractivity contribution is 7.98. The predicted octanol–water partition coefficient (Wildman–Crippen LogP) is 2.11. The third kappa shape index (κ3) is 2.70. The first-order valence-electron chi connectivity index (χ1n) is 6.32. The minimum atomic E-state index is 0.508. The standard InChI is InChI=1S/C12H21N5S/c1-8-5-4-6-17(9(8)2)11-7-10(16-13)14-12(15-11)18-3/h7-9H,4-6,13H2,1-3H3,(H,14,15,16). The molecular weight excluding hydrogens is 246 g/mol. The number of hydrogen-bond donors (Lipinski definition) is 2. The molecule has 0 bridgehead atoms. The van der Waals surface area contributed by atoms with Crippen molar-refractivity contribution in [2.24, 2.45) is 11.8 Å². The Balaban J connectivity index is 2.31. The molecule has 2 atom stereocenters. The fraction of sp³-hybridized carbons (Fsp3) is 0.667. The first kappa shape index (κ1) is 13.4.